The van der Waals surface area contributed by atoms with Gasteiger partial charge in [0, 0.05) is 18.8 Å². The van der Waals surface area contributed by atoms with Gasteiger partial charge in [0.15, 0.2) is 0 Å². The van der Waals surface area contributed by atoms with Crippen LogP contribution < -0.4 is 4.90 Å². The molecule has 0 spiro atoms. The van der Waals surface area contributed by atoms with E-state index < -0.39 is 5.97 Å². The van der Waals surface area contributed by atoms with Gasteiger partial charge in [-0.25, -0.2) is 4.79 Å². The fraction of sp³-hybridized carbons (Fsp3) is 0.467. The van der Waals surface area contributed by atoms with Gasteiger partial charge in [-0.3, -0.25) is 4.79 Å². The molecule has 20 heavy (non-hydrogen) atoms. The van der Waals surface area contributed by atoms with Crippen LogP contribution in [0.2, 0.25) is 0 Å². The molecule has 1 aliphatic heterocycles. The van der Waals surface area contributed by atoms with Crippen LogP contribution >= 0.6 is 0 Å². The third kappa shape index (κ3) is 3.17. The fourth-order valence-corrected chi connectivity index (χ4v) is 2.33. The third-order valence-corrected chi connectivity index (χ3v) is 3.33. The van der Waals surface area contributed by atoms with E-state index in [2.05, 4.69) is 0 Å². The molecule has 0 unspecified atom stereocenters. The number of carboxylic acid groups (broad SMARTS) is 1. The summed E-state index contributed by atoms with van der Waals surface area (Å²) in [4.78, 5) is 24.8. The van der Waals surface area contributed by atoms with Crippen molar-refractivity contribution in [3.63, 3.8) is 0 Å². The maximum atomic E-state index is 12.1. The molecule has 0 aromatic heterocycles. The number of carboxylic acids is 1. The molecule has 108 valence electrons. The highest BCUT2D eigenvalue weighted by atomic mass is 16.5. The molecule has 1 aliphatic rings. The molecular formula is C15H19NO4. The number of benzene rings is 1. The first-order valence-corrected chi connectivity index (χ1v) is 6.87. The van der Waals surface area contributed by atoms with Gasteiger partial charge in [0.2, 0.25) is 5.91 Å². The normalized spacial score (nSPS) is 13.3. The molecule has 0 bridgehead atoms. The molecule has 0 atom stereocenters. The Morgan fingerprint density at radius 1 is 1.35 bits per heavy atom. The summed E-state index contributed by atoms with van der Waals surface area (Å²) in [5.74, 6) is -0.909. The summed E-state index contributed by atoms with van der Waals surface area (Å²) < 4.78 is 5.33. The minimum Gasteiger partial charge on any atom is -0.478 e. The second kappa shape index (κ2) is 6.52. The average molecular weight is 277 g/mol. The van der Waals surface area contributed by atoms with E-state index in [4.69, 9.17) is 9.84 Å². The first kappa shape index (κ1) is 14.5. The van der Waals surface area contributed by atoms with E-state index in [1.54, 1.807) is 23.1 Å². The molecule has 0 aliphatic carbocycles. The maximum absolute atomic E-state index is 12.1. The predicted molar refractivity (Wildman–Crippen MR) is 75.2 cm³/mol. The van der Waals surface area contributed by atoms with Crippen molar-refractivity contribution in [1.82, 2.24) is 0 Å². The van der Waals surface area contributed by atoms with Crippen molar-refractivity contribution >= 4 is 17.6 Å². The van der Waals surface area contributed by atoms with Crippen LogP contribution in [0.25, 0.3) is 0 Å². The lowest BCUT2D eigenvalue weighted by atomic mass is 10.1. The summed E-state index contributed by atoms with van der Waals surface area (Å²) in [5.41, 5.74) is 2.02. The molecular weight excluding hydrogens is 258 g/mol. The summed E-state index contributed by atoms with van der Waals surface area (Å²) in [5, 5.41) is 8.96. The Bertz CT molecular complexity index is 513. The number of ether oxygens (including phenoxy) is 1. The zero-order valence-corrected chi connectivity index (χ0v) is 11.6. The Hall–Kier alpha value is -1.88. The van der Waals surface area contributed by atoms with Crippen LogP contribution in [0.5, 0.6) is 0 Å². The van der Waals surface area contributed by atoms with Gasteiger partial charge in [0.25, 0.3) is 0 Å². The number of aromatic carboxylic acids is 1. The van der Waals surface area contributed by atoms with Crippen LogP contribution in [0, 0.1) is 0 Å². The molecule has 1 amide bonds. The number of carbonyl (C=O) groups excluding carboxylic acids is 1. The summed E-state index contributed by atoms with van der Waals surface area (Å²) in [7, 11) is 0. The van der Waals surface area contributed by atoms with Crippen molar-refractivity contribution in [3.8, 4) is 0 Å². The largest absolute Gasteiger partial charge is 0.478 e. The quantitative estimate of drug-likeness (QED) is 0.808. The summed E-state index contributed by atoms with van der Waals surface area (Å²) >= 11 is 0. The molecule has 0 fully saturated rings. The predicted octanol–water partition coefficient (Wildman–Crippen LogP) is 2.09. The van der Waals surface area contributed by atoms with Crippen LogP contribution in [0.15, 0.2) is 18.2 Å². The Labute approximate surface area is 118 Å². The smallest absolute Gasteiger partial charge is 0.335 e. The average Bonchev–Trinajstić information content (AvgIpc) is 2.86. The first-order chi connectivity index (χ1) is 9.63. The van der Waals surface area contributed by atoms with Gasteiger partial charge in [0.1, 0.15) is 0 Å². The number of nitrogens with zero attached hydrogens (tertiary/aromatic N) is 1. The van der Waals surface area contributed by atoms with Crippen LogP contribution in [-0.4, -0.2) is 36.7 Å². The minimum absolute atomic E-state index is 0.0305. The van der Waals surface area contributed by atoms with Crippen LogP contribution in [0.1, 0.15) is 35.7 Å². The van der Waals surface area contributed by atoms with Gasteiger partial charge in [-0.1, -0.05) is 6.92 Å². The van der Waals surface area contributed by atoms with Crippen molar-refractivity contribution in [2.45, 2.75) is 26.2 Å². The molecule has 1 N–H and O–H groups in total. The number of hydrogen-bond donors (Lipinski definition) is 1. The summed E-state index contributed by atoms with van der Waals surface area (Å²) in [6, 6.07) is 4.91. The molecule has 5 nitrogen and oxygen atoms in total. The number of anilines is 1. The van der Waals surface area contributed by atoms with Crippen molar-refractivity contribution in [2.24, 2.45) is 0 Å². The molecule has 0 radical (unpaired) electrons. The van der Waals surface area contributed by atoms with E-state index in [1.165, 1.54) is 0 Å². The second-order valence-corrected chi connectivity index (χ2v) is 4.81. The maximum Gasteiger partial charge on any atom is 0.335 e. The number of amides is 1. The fourth-order valence-electron chi connectivity index (χ4n) is 2.33. The van der Waals surface area contributed by atoms with Gasteiger partial charge in [0.05, 0.1) is 18.6 Å². The monoisotopic (exact) mass is 277 g/mol. The van der Waals surface area contributed by atoms with E-state index in [9.17, 15) is 9.59 Å². The highest BCUT2D eigenvalue weighted by Crippen LogP contribution is 2.29. The van der Waals surface area contributed by atoms with Crippen molar-refractivity contribution in [3.05, 3.63) is 29.3 Å². The van der Waals surface area contributed by atoms with E-state index in [0.717, 1.165) is 17.7 Å². The van der Waals surface area contributed by atoms with Gasteiger partial charge < -0.3 is 14.7 Å². The van der Waals surface area contributed by atoms with Crippen molar-refractivity contribution in [1.29, 1.82) is 0 Å². The highest BCUT2D eigenvalue weighted by molar-refractivity contribution is 5.97. The lowest BCUT2D eigenvalue weighted by Crippen LogP contribution is -2.29. The number of fused-ring (bicyclic) bond motifs is 1. The lowest BCUT2D eigenvalue weighted by Gasteiger charge is -2.17. The third-order valence-electron chi connectivity index (χ3n) is 3.33. The number of rotatable bonds is 6. The zero-order chi connectivity index (χ0) is 14.5. The second-order valence-electron chi connectivity index (χ2n) is 4.81. The summed E-state index contributed by atoms with van der Waals surface area (Å²) in [6.07, 6.45) is 2.01. The number of hydrogen-bond acceptors (Lipinski definition) is 3. The van der Waals surface area contributed by atoms with Crippen molar-refractivity contribution in [2.75, 3.05) is 24.7 Å². The molecule has 0 saturated carbocycles. The van der Waals surface area contributed by atoms with E-state index in [0.29, 0.717) is 32.6 Å². The van der Waals surface area contributed by atoms with Crippen molar-refractivity contribution < 1.29 is 19.4 Å². The van der Waals surface area contributed by atoms with Gasteiger partial charge in [-0.15, -0.1) is 0 Å². The van der Waals surface area contributed by atoms with E-state index in [1.807, 2.05) is 6.92 Å². The van der Waals surface area contributed by atoms with Gasteiger partial charge in [-0.2, -0.15) is 0 Å². The van der Waals surface area contributed by atoms with Gasteiger partial charge in [-0.05, 0) is 36.6 Å². The molecule has 0 saturated heterocycles. The van der Waals surface area contributed by atoms with Crippen LogP contribution in [-0.2, 0) is 16.0 Å². The Morgan fingerprint density at radius 3 is 2.85 bits per heavy atom. The lowest BCUT2D eigenvalue weighted by molar-refractivity contribution is -0.119. The van der Waals surface area contributed by atoms with Gasteiger partial charge >= 0.3 is 5.97 Å². The SMILES string of the molecule is CCCOCCC(=O)N1CCc2cc(C(=O)O)ccc21. The van der Waals surface area contributed by atoms with E-state index in [-0.39, 0.29) is 11.5 Å². The van der Waals surface area contributed by atoms with E-state index >= 15 is 0 Å². The topological polar surface area (TPSA) is 66.8 Å². The first-order valence-electron chi connectivity index (χ1n) is 6.87. The van der Waals surface area contributed by atoms with Crippen LogP contribution in [0.4, 0.5) is 5.69 Å². The minimum atomic E-state index is -0.939. The Morgan fingerprint density at radius 2 is 2.15 bits per heavy atom. The van der Waals surface area contributed by atoms with Crippen LogP contribution in [0.3, 0.4) is 0 Å². The number of carbonyl (C=O) groups is 2. The Kier molecular flexibility index (Phi) is 4.74. The molecule has 5 heteroatoms. The molecule has 2 rings (SSSR count). The highest BCUT2D eigenvalue weighted by Gasteiger charge is 2.25. The Balaban J connectivity index is 2.00. The summed E-state index contributed by atoms with van der Waals surface area (Å²) in [6.45, 7) is 3.75. The standard InChI is InChI=1S/C15H19NO4/c1-2-8-20-9-6-14(17)16-7-5-11-10-12(15(18)19)3-4-13(11)16/h3-4,10H,2,5-9H2,1H3,(H,18,19). The molecule has 1 aromatic rings. The molecule has 1 heterocycles. The zero-order valence-electron chi connectivity index (χ0n) is 11.6. The molecule has 1 aromatic carbocycles.